The van der Waals surface area contributed by atoms with E-state index in [0.717, 1.165) is 4.90 Å². The Bertz CT molecular complexity index is 638. The van der Waals surface area contributed by atoms with Crippen LogP contribution in [-0.2, 0) is 20.8 Å². The predicted molar refractivity (Wildman–Crippen MR) is 66.8 cm³/mol. The molecule has 1 atom stereocenters. The van der Waals surface area contributed by atoms with Crippen molar-refractivity contribution in [1.82, 2.24) is 9.88 Å². The second-order valence-corrected chi connectivity index (χ2v) is 5.01. The molecule has 20 heavy (non-hydrogen) atoms. The van der Waals surface area contributed by atoms with Gasteiger partial charge in [-0.25, -0.2) is 0 Å². The molecule has 0 spiro atoms. The molecule has 1 fully saturated rings. The number of hydrogen-bond donors (Lipinski definition) is 0. The number of imide groups is 1. The van der Waals surface area contributed by atoms with Gasteiger partial charge in [0.2, 0.25) is 5.91 Å². The van der Waals surface area contributed by atoms with Crippen LogP contribution in [0.2, 0.25) is 0 Å². The van der Waals surface area contributed by atoms with Crippen LogP contribution in [0.25, 0.3) is 0 Å². The number of fused-ring (bicyclic) bond motifs is 1. The molecular formula is C14H12N2O4. The molecule has 0 bridgehead atoms. The van der Waals surface area contributed by atoms with Gasteiger partial charge in [-0.05, 0) is 18.1 Å². The van der Waals surface area contributed by atoms with Gasteiger partial charge < -0.3 is 0 Å². The second kappa shape index (κ2) is 4.63. The van der Waals surface area contributed by atoms with E-state index in [-0.39, 0.29) is 37.2 Å². The number of aromatic nitrogens is 1. The van der Waals surface area contributed by atoms with Crippen molar-refractivity contribution in [1.29, 1.82) is 0 Å². The number of pyridine rings is 1. The summed E-state index contributed by atoms with van der Waals surface area (Å²) in [7, 11) is 0. The van der Waals surface area contributed by atoms with Crippen LogP contribution >= 0.6 is 0 Å². The monoisotopic (exact) mass is 272 g/mol. The Morgan fingerprint density at radius 1 is 1.15 bits per heavy atom. The number of carbonyl (C=O) groups is 4. The van der Waals surface area contributed by atoms with Gasteiger partial charge in [0.1, 0.15) is 5.78 Å². The van der Waals surface area contributed by atoms with Gasteiger partial charge in [-0.3, -0.25) is 29.1 Å². The summed E-state index contributed by atoms with van der Waals surface area (Å²) in [5, 5.41) is 0. The van der Waals surface area contributed by atoms with Crippen molar-refractivity contribution < 1.29 is 19.2 Å². The topological polar surface area (TPSA) is 84.4 Å². The molecule has 1 aromatic heterocycles. The van der Waals surface area contributed by atoms with Gasteiger partial charge in [-0.1, -0.05) is 0 Å². The van der Waals surface area contributed by atoms with Crippen LogP contribution in [0.15, 0.2) is 18.5 Å². The smallest absolute Gasteiger partial charge is 0.261 e. The van der Waals surface area contributed by atoms with E-state index in [2.05, 4.69) is 4.98 Å². The molecular weight excluding hydrogens is 260 g/mol. The van der Waals surface area contributed by atoms with Crippen molar-refractivity contribution in [3.63, 3.8) is 0 Å². The van der Waals surface area contributed by atoms with Crippen LogP contribution in [0.5, 0.6) is 0 Å². The molecule has 1 aliphatic heterocycles. The summed E-state index contributed by atoms with van der Waals surface area (Å²) < 4.78 is 0. The highest BCUT2D eigenvalue weighted by Gasteiger charge is 2.41. The Hall–Kier alpha value is -2.37. The van der Waals surface area contributed by atoms with Crippen molar-refractivity contribution in [2.45, 2.75) is 31.7 Å². The van der Waals surface area contributed by atoms with E-state index in [1.165, 1.54) is 12.4 Å². The SMILES string of the molecule is O=C1CCC(N2C(=O)Cc3cnccc3C2=O)C(=O)C1. The standard InChI is InChI=1S/C14H12N2O4/c17-9-1-2-11(12(18)6-9)16-13(19)5-8-7-15-4-3-10(8)14(16)20/h3-4,7,11H,1-2,5-6H2. The lowest BCUT2D eigenvalue weighted by atomic mass is 9.89. The maximum absolute atomic E-state index is 12.4. The van der Waals surface area contributed by atoms with E-state index < -0.39 is 17.9 Å². The summed E-state index contributed by atoms with van der Waals surface area (Å²) in [6.45, 7) is 0. The number of amides is 2. The molecule has 6 heteroatoms. The van der Waals surface area contributed by atoms with E-state index in [1.54, 1.807) is 6.07 Å². The van der Waals surface area contributed by atoms with Crippen molar-refractivity contribution in [3.8, 4) is 0 Å². The fraction of sp³-hybridized carbons (Fsp3) is 0.357. The van der Waals surface area contributed by atoms with Gasteiger partial charge in [0.15, 0.2) is 5.78 Å². The van der Waals surface area contributed by atoms with E-state index >= 15 is 0 Å². The van der Waals surface area contributed by atoms with Gasteiger partial charge in [0.25, 0.3) is 5.91 Å². The minimum absolute atomic E-state index is 0.0621. The van der Waals surface area contributed by atoms with Gasteiger partial charge in [-0.2, -0.15) is 0 Å². The summed E-state index contributed by atoms with van der Waals surface area (Å²) in [6, 6.07) is 0.754. The minimum atomic E-state index is -0.797. The molecule has 2 aliphatic rings. The van der Waals surface area contributed by atoms with Gasteiger partial charge in [0, 0.05) is 24.4 Å². The lowest BCUT2D eigenvalue weighted by molar-refractivity contribution is -0.141. The molecule has 3 rings (SSSR count). The first-order valence-electron chi connectivity index (χ1n) is 6.41. The molecule has 1 saturated carbocycles. The maximum atomic E-state index is 12.4. The minimum Gasteiger partial charge on any atom is -0.299 e. The van der Waals surface area contributed by atoms with Crippen LogP contribution < -0.4 is 0 Å². The van der Waals surface area contributed by atoms with Crippen LogP contribution in [0, 0.1) is 0 Å². The van der Waals surface area contributed by atoms with E-state index in [9.17, 15) is 19.2 Å². The Balaban J connectivity index is 1.95. The zero-order chi connectivity index (χ0) is 14.3. The highest BCUT2D eigenvalue weighted by molar-refractivity contribution is 6.14. The average Bonchev–Trinajstić information content (AvgIpc) is 2.41. The van der Waals surface area contributed by atoms with Gasteiger partial charge in [-0.15, -0.1) is 0 Å². The summed E-state index contributed by atoms with van der Waals surface area (Å²) in [5.74, 6) is -1.34. The average molecular weight is 272 g/mol. The largest absolute Gasteiger partial charge is 0.299 e. The Kier molecular flexibility index (Phi) is 2.93. The zero-order valence-corrected chi connectivity index (χ0v) is 10.7. The lowest BCUT2D eigenvalue weighted by Crippen LogP contribution is -2.53. The van der Waals surface area contributed by atoms with Crippen LogP contribution in [-0.4, -0.2) is 39.3 Å². The van der Waals surface area contributed by atoms with Crippen molar-refractivity contribution >= 4 is 23.4 Å². The van der Waals surface area contributed by atoms with Crippen molar-refractivity contribution in [3.05, 3.63) is 29.6 Å². The maximum Gasteiger partial charge on any atom is 0.261 e. The Morgan fingerprint density at radius 3 is 2.70 bits per heavy atom. The van der Waals surface area contributed by atoms with Crippen LogP contribution in [0.4, 0.5) is 0 Å². The first kappa shape index (κ1) is 12.7. The number of nitrogens with zero attached hydrogens (tertiary/aromatic N) is 2. The quantitative estimate of drug-likeness (QED) is 0.542. The molecule has 2 heterocycles. The summed E-state index contributed by atoms with van der Waals surface area (Å²) in [4.78, 5) is 52.6. The van der Waals surface area contributed by atoms with Gasteiger partial charge in [0.05, 0.1) is 18.9 Å². The molecule has 102 valence electrons. The Labute approximate surface area is 114 Å². The van der Waals surface area contributed by atoms with E-state index in [0.29, 0.717) is 11.1 Å². The number of carbonyl (C=O) groups excluding carboxylic acids is 4. The van der Waals surface area contributed by atoms with Gasteiger partial charge >= 0.3 is 0 Å². The zero-order valence-electron chi connectivity index (χ0n) is 10.7. The number of rotatable bonds is 1. The Morgan fingerprint density at radius 2 is 1.95 bits per heavy atom. The van der Waals surface area contributed by atoms with Crippen LogP contribution in [0.1, 0.15) is 35.2 Å². The second-order valence-electron chi connectivity index (χ2n) is 5.01. The molecule has 0 radical (unpaired) electrons. The molecule has 1 aromatic rings. The van der Waals surface area contributed by atoms with E-state index in [1.807, 2.05) is 0 Å². The fourth-order valence-electron chi connectivity index (χ4n) is 2.72. The molecule has 0 N–H and O–H groups in total. The first-order valence-corrected chi connectivity index (χ1v) is 6.41. The third-order valence-electron chi connectivity index (χ3n) is 3.71. The number of ketones is 2. The van der Waals surface area contributed by atoms with Crippen LogP contribution in [0.3, 0.4) is 0 Å². The number of hydrogen-bond acceptors (Lipinski definition) is 5. The normalized spacial score (nSPS) is 23.0. The third-order valence-corrected chi connectivity index (χ3v) is 3.71. The lowest BCUT2D eigenvalue weighted by Gasteiger charge is -2.34. The molecule has 1 aliphatic carbocycles. The fourth-order valence-corrected chi connectivity index (χ4v) is 2.72. The molecule has 1 unspecified atom stereocenters. The highest BCUT2D eigenvalue weighted by atomic mass is 16.2. The summed E-state index contributed by atoms with van der Waals surface area (Å²) >= 11 is 0. The molecule has 2 amide bonds. The van der Waals surface area contributed by atoms with Crippen molar-refractivity contribution in [2.75, 3.05) is 0 Å². The predicted octanol–water partition coefficient (Wildman–Crippen LogP) is 0.297. The molecule has 6 nitrogen and oxygen atoms in total. The number of Topliss-reactive ketones (excluding diaryl/α,β-unsaturated/α-hetero) is 2. The summed E-state index contributed by atoms with van der Waals surface area (Å²) in [6.07, 6.45) is 3.31. The highest BCUT2D eigenvalue weighted by Crippen LogP contribution is 2.25. The van der Waals surface area contributed by atoms with E-state index in [4.69, 9.17) is 0 Å². The van der Waals surface area contributed by atoms with Crippen molar-refractivity contribution in [2.24, 2.45) is 0 Å². The summed E-state index contributed by atoms with van der Waals surface area (Å²) in [5.41, 5.74) is 0.988. The molecule has 0 saturated heterocycles. The first-order chi connectivity index (χ1) is 9.58. The third kappa shape index (κ3) is 1.93. The molecule has 0 aromatic carbocycles.